The summed E-state index contributed by atoms with van der Waals surface area (Å²) in [5, 5.41) is 10.0. The van der Waals surface area contributed by atoms with Crippen LogP contribution in [0.3, 0.4) is 0 Å². The average molecular weight is 277 g/mol. The molecule has 3 heterocycles. The van der Waals surface area contributed by atoms with Crippen molar-refractivity contribution in [3.05, 3.63) is 29.8 Å². The molecule has 0 aliphatic carbocycles. The molecule has 1 aromatic carbocycles. The maximum atomic E-state index is 10.0. The summed E-state index contributed by atoms with van der Waals surface area (Å²) in [6.07, 6.45) is 0.200. The quantitative estimate of drug-likeness (QED) is 0.744. The number of ether oxygens (including phenoxy) is 3. The molecular weight excluding hydrogens is 258 g/mol. The highest BCUT2D eigenvalue weighted by Gasteiger charge is 2.33. The molecule has 0 bridgehead atoms. The number of benzene rings is 1. The van der Waals surface area contributed by atoms with E-state index in [0.29, 0.717) is 18.8 Å². The Morgan fingerprint density at radius 2 is 1.55 bits per heavy atom. The summed E-state index contributed by atoms with van der Waals surface area (Å²) in [5.74, 6) is 0. The minimum absolute atomic E-state index is 0.0170. The van der Waals surface area contributed by atoms with E-state index in [1.807, 2.05) is 12.1 Å². The van der Waals surface area contributed by atoms with Crippen LogP contribution in [0.2, 0.25) is 0 Å². The Labute approximate surface area is 118 Å². The minimum Gasteiger partial charge on any atom is -0.386 e. The van der Waals surface area contributed by atoms with Crippen LogP contribution >= 0.6 is 0 Å². The van der Waals surface area contributed by atoms with Crippen LogP contribution in [0.1, 0.15) is 11.7 Å². The van der Waals surface area contributed by atoms with Crippen molar-refractivity contribution < 1.29 is 19.3 Å². The van der Waals surface area contributed by atoms with Crippen molar-refractivity contribution in [2.24, 2.45) is 0 Å². The van der Waals surface area contributed by atoms with Gasteiger partial charge in [0.1, 0.15) is 12.2 Å². The van der Waals surface area contributed by atoms with E-state index in [0.717, 1.165) is 37.6 Å². The van der Waals surface area contributed by atoms with Gasteiger partial charge in [0, 0.05) is 18.8 Å². The number of aliphatic hydroxyl groups excluding tert-OH is 1. The Kier molecular flexibility index (Phi) is 3.15. The molecule has 3 aliphatic rings. The van der Waals surface area contributed by atoms with Crippen molar-refractivity contribution in [1.82, 2.24) is 0 Å². The molecule has 5 heteroatoms. The molecule has 0 saturated carbocycles. The second-order valence-electron chi connectivity index (χ2n) is 5.72. The highest BCUT2D eigenvalue weighted by Crippen LogP contribution is 2.29. The van der Waals surface area contributed by atoms with Crippen LogP contribution in [0.5, 0.6) is 0 Å². The average Bonchev–Trinajstić information content (AvgIpc) is 3.30. The molecule has 20 heavy (non-hydrogen) atoms. The van der Waals surface area contributed by atoms with Gasteiger partial charge in [-0.25, -0.2) is 0 Å². The van der Waals surface area contributed by atoms with Crippen molar-refractivity contribution >= 4 is 5.69 Å². The van der Waals surface area contributed by atoms with Gasteiger partial charge in [0.2, 0.25) is 0 Å². The summed E-state index contributed by atoms with van der Waals surface area (Å²) in [6.45, 7) is 4.20. The SMILES string of the molecule is OC(c1ccc(N(CC2CO2)CC2CO2)cc1)C1CO1. The minimum atomic E-state index is -0.504. The summed E-state index contributed by atoms with van der Waals surface area (Å²) in [5.41, 5.74) is 2.07. The standard InChI is InChI=1S/C15H19NO4/c17-15(14-9-20-14)10-1-3-11(4-2-10)16(5-12-7-18-12)6-13-8-19-13/h1-4,12-15,17H,5-9H2. The molecule has 0 spiro atoms. The van der Waals surface area contributed by atoms with Crippen molar-refractivity contribution in [2.75, 3.05) is 37.8 Å². The number of rotatable bonds is 7. The van der Waals surface area contributed by atoms with Crippen LogP contribution in [-0.2, 0) is 14.2 Å². The van der Waals surface area contributed by atoms with Crippen LogP contribution < -0.4 is 4.90 Å². The fourth-order valence-corrected chi connectivity index (χ4v) is 2.46. The lowest BCUT2D eigenvalue weighted by atomic mass is 10.1. The van der Waals surface area contributed by atoms with E-state index in [2.05, 4.69) is 17.0 Å². The third kappa shape index (κ3) is 2.96. The van der Waals surface area contributed by atoms with E-state index in [1.54, 1.807) is 0 Å². The first-order valence-corrected chi connectivity index (χ1v) is 7.17. The number of hydrogen-bond donors (Lipinski definition) is 1. The zero-order valence-corrected chi connectivity index (χ0v) is 11.3. The molecule has 4 unspecified atom stereocenters. The molecule has 5 nitrogen and oxygen atoms in total. The number of aliphatic hydroxyl groups is 1. The second kappa shape index (κ2) is 5.00. The van der Waals surface area contributed by atoms with E-state index in [-0.39, 0.29) is 6.10 Å². The highest BCUT2D eigenvalue weighted by molar-refractivity contribution is 5.48. The molecule has 3 fully saturated rings. The van der Waals surface area contributed by atoms with Crippen LogP contribution in [0.4, 0.5) is 5.69 Å². The molecule has 1 aromatic rings. The number of epoxide rings is 3. The number of nitrogens with zero attached hydrogens (tertiary/aromatic N) is 1. The van der Waals surface area contributed by atoms with Crippen LogP contribution in [0.25, 0.3) is 0 Å². The molecule has 0 radical (unpaired) electrons. The van der Waals surface area contributed by atoms with E-state index in [4.69, 9.17) is 14.2 Å². The van der Waals surface area contributed by atoms with E-state index >= 15 is 0 Å². The van der Waals surface area contributed by atoms with Crippen molar-refractivity contribution in [3.8, 4) is 0 Å². The summed E-state index contributed by atoms with van der Waals surface area (Å²) in [4.78, 5) is 2.30. The second-order valence-corrected chi connectivity index (χ2v) is 5.72. The predicted octanol–water partition coefficient (Wildman–Crippen LogP) is 0.723. The molecule has 4 atom stereocenters. The molecule has 0 amide bonds. The summed E-state index contributed by atoms with van der Waals surface area (Å²) in [6, 6.07) is 8.09. The van der Waals surface area contributed by atoms with Crippen molar-refractivity contribution in [3.63, 3.8) is 0 Å². The lowest BCUT2D eigenvalue weighted by Gasteiger charge is -2.23. The fraction of sp³-hybridized carbons (Fsp3) is 0.600. The van der Waals surface area contributed by atoms with Gasteiger partial charge in [0.25, 0.3) is 0 Å². The first kappa shape index (κ1) is 12.6. The smallest absolute Gasteiger partial charge is 0.111 e. The van der Waals surface area contributed by atoms with Gasteiger partial charge in [-0.05, 0) is 17.7 Å². The molecule has 0 aromatic heterocycles. The summed E-state index contributed by atoms with van der Waals surface area (Å²) >= 11 is 0. The zero-order valence-electron chi connectivity index (χ0n) is 11.3. The Balaban J connectivity index is 1.46. The van der Waals surface area contributed by atoms with Crippen LogP contribution in [0.15, 0.2) is 24.3 Å². The lowest BCUT2D eigenvalue weighted by molar-refractivity contribution is 0.137. The largest absolute Gasteiger partial charge is 0.386 e. The van der Waals surface area contributed by atoms with Crippen molar-refractivity contribution in [1.29, 1.82) is 0 Å². The van der Waals surface area contributed by atoms with Gasteiger partial charge >= 0.3 is 0 Å². The third-order valence-electron chi connectivity index (χ3n) is 3.96. The van der Waals surface area contributed by atoms with Crippen LogP contribution in [-0.4, -0.2) is 56.3 Å². The Morgan fingerprint density at radius 1 is 1.00 bits per heavy atom. The summed E-state index contributed by atoms with van der Waals surface area (Å²) in [7, 11) is 0. The van der Waals surface area contributed by atoms with Gasteiger partial charge in [-0.15, -0.1) is 0 Å². The number of hydrogen-bond acceptors (Lipinski definition) is 5. The Hall–Kier alpha value is -1.14. The molecule has 1 N–H and O–H groups in total. The van der Waals surface area contributed by atoms with Gasteiger partial charge < -0.3 is 24.2 Å². The highest BCUT2D eigenvalue weighted by atomic mass is 16.6. The molecular formula is C15H19NO4. The third-order valence-corrected chi connectivity index (χ3v) is 3.96. The van der Waals surface area contributed by atoms with Crippen LogP contribution in [0, 0.1) is 0 Å². The fourth-order valence-electron chi connectivity index (χ4n) is 2.46. The molecule has 108 valence electrons. The van der Waals surface area contributed by atoms with E-state index in [9.17, 15) is 5.11 Å². The van der Waals surface area contributed by atoms with Gasteiger partial charge in [-0.1, -0.05) is 12.1 Å². The van der Waals surface area contributed by atoms with Gasteiger partial charge in [-0.3, -0.25) is 0 Å². The van der Waals surface area contributed by atoms with Gasteiger partial charge in [0.15, 0.2) is 0 Å². The maximum absolute atomic E-state index is 10.0. The van der Waals surface area contributed by atoms with Gasteiger partial charge in [-0.2, -0.15) is 0 Å². The maximum Gasteiger partial charge on any atom is 0.111 e. The first-order valence-electron chi connectivity index (χ1n) is 7.17. The van der Waals surface area contributed by atoms with E-state index < -0.39 is 6.10 Å². The predicted molar refractivity (Wildman–Crippen MR) is 72.8 cm³/mol. The Morgan fingerprint density at radius 3 is 2.00 bits per heavy atom. The topological polar surface area (TPSA) is 61.1 Å². The first-order chi connectivity index (χ1) is 9.79. The lowest BCUT2D eigenvalue weighted by Crippen LogP contribution is -2.31. The molecule has 3 aliphatic heterocycles. The molecule has 3 saturated heterocycles. The van der Waals surface area contributed by atoms with Gasteiger partial charge in [0.05, 0.1) is 32.0 Å². The number of anilines is 1. The molecule has 4 rings (SSSR count). The monoisotopic (exact) mass is 277 g/mol. The van der Waals surface area contributed by atoms with Crippen molar-refractivity contribution in [2.45, 2.75) is 24.4 Å². The summed E-state index contributed by atoms with van der Waals surface area (Å²) < 4.78 is 15.8. The normalized spacial score (nSPS) is 31.8. The van der Waals surface area contributed by atoms with E-state index in [1.165, 1.54) is 0 Å². The zero-order chi connectivity index (χ0) is 13.5. The Bertz CT molecular complexity index is 451.